The Bertz CT molecular complexity index is 557. The largest absolute Gasteiger partial charge is 0.469 e. The molecule has 1 aromatic carbocycles. The molecule has 0 unspecified atom stereocenters. The van der Waals surface area contributed by atoms with E-state index in [1.807, 2.05) is 42.5 Å². The van der Waals surface area contributed by atoms with Crippen molar-refractivity contribution in [3.05, 3.63) is 60.1 Å². The molecule has 0 aliphatic carbocycles. The van der Waals surface area contributed by atoms with E-state index >= 15 is 0 Å². The molecular weight excluding hydrogens is 266 g/mol. The van der Waals surface area contributed by atoms with Gasteiger partial charge in [0.15, 0.2) is 0 Å². The van der Waals surface area contributed by atoms with Gasteiger partial charge in [-0.2, -0.15) is 0 Å². The van der Waals surface area contributed by atoms with Crippen molar-refractivity contribution in [2.24, 2.45) is 0 Å². The SMILES string of the molecule is O=C(OCc1ccccc1)N1CCC(c2ccco2)CC1. The van der Waals surface area contributed by atoms with E-state index in [0.717, 1.165) is 37.3 Å². The number of furan rings is 1. The summed E-state index contributed by atoms with van der Waals surface area (Å²) in [5.41, 5.74) is 1.01. The molecule has 4 heteroatoms. The number of carbonyl (C=O) groups excluding carboxylic acids is 1. The summed E-state index contributed by atoms with van der Waals surface area (Å²) in [6, 6.07) is 13.7. The first kappa shape index (κ1) is 13.7. The third-order valence-corrected chi connectivity index (χ3v) is 3.90. The van der Waals surface area contributed by atoms with E-state index in [0.29, 0.717) is 12.5 Å². The monoisotopic (exact) mass is 285 g/mol. The standard InChI is InChI=1S/C17H19NO3/c19-17(21-13-14-5-2-1-3-6-14)18-10-8-15(9-11-18)16-7-4-12-20-16/h1-7,12,15H,8-11,13H2. The highest BCUT2D eigenvalue weighted by Gasteiger charge is 2.25. The summed E-state index contributed by atoms with van der Waals surface area (Å²) in [6.45, 7) is 1.77. The zero-order chi connectivity index (χ0) is 14.5. The average molecular weight is 285 g/mol. The van der Waals surface area contributed by atoms with Crippen molar-refractivity contribution >= 4 is 6.09 Å². The number of piperidine rings is 1. The number of hydrogen-bond donors (Lipinski definition) is 0. The van der Waals surface area contributed by atoms with Crippen LogP contribution in [0.1, 0.15) is 30.1 Å². The van der Waals surface area contributed by atoms with Crippen molar-refractivity contribution in [2.45, 2.75) is 25.4 Å². The van der Waals surface area contributed by atoms with Crippen LogP contribution >= 0.6 is 0 Å². The van der Waals surface area contributed by atoms with Crippen molar-refractivity contribution in [3.63, 3.8) is 0 Å². The van der Waals surface area contributed by atoms with Crippen LogP contribution in [0.3, 0.4) is 0 Å². The smallest absolute Gasteiger partial charge is 0.410 e. The summed E-state index contributed by atoms with van der Waals surface area (Å²) in [5.74, 6) is 1.44. The van der Waals surface area contributed by atoms with Gasteiger partial charge in [-0.25, -0.2) is 4.79 Å². The van der Waals surface area contributed by atoms with E-state index in [-0.39, 0.29) is 6.09 Å². The Morgan fingerprint density at radius 1 is 1.14 bits per heavy atom. The molecule has 0 spiro atoms. The van der Waals surface area contributed by atoms with Crippen molar-refractivity contribution in [2.75, 3.05) is 13.1 Å². The fourth-order valence-electron chi connectivity index (χ4n) is 2.68. The zero-order valence-electron chi connectivity index (χ0n) is 11.9. The summed E-state index contributed by atoms with van der Waals surface area (Å²) >= 11 is 0. The number of ether oxygens (including phenoxy) is 1. The van der Waals surface area contributed by atoms with Crippen LogP contribution in [-0.4, -0.2) is 24.1 Å². The molecule has 1 saturated heterocycles. The number of likely N-dealkylation sites (tertiary alicyclic amines) is 1. The number of nitrogens with zero attached hydrogens (tertiary/aromatic N) is 1. The molecule has 21 heavy (non-hydrogen) atoms. The number of amides is 1. The lowest BCUT2D eigenvalue weighted by atomic mass is 9.95. The van der Waals surface area contributed by atoms with Crippen LogP contribution in [0.25, 0.3) is 0 Å². The highest BCUT2D eigenvalue weighted by molar-refractivity contribution is 5.67. The van der Waals surface area contributed by atoms with Gasteiger partial charge in [0.25, 0.3) is 0 Å². The molecule has 2 heterocycles. The van der Waals surface area contributed by atoms with Crippen molar-refractivity contribution in [1.82, 2.24) is 4.90 Å². The van der Waals surface area contributed by atoms with Gasteiger partial charge in [-0.3, -0.25) is 0 Å². The highest BCUT2D eigenvalue weighted by Crippen LogP contribution is 2.28. The number of hydrogen-bond acceptors (Lipinski definition) is 3. The van der Waals surface area contributed by atoms with E-state index in [9.17, 15) is 4.79 Å². The van der Waals surface area contributed by atoms with Gasteiger partial charge in [-0.05, 0) is 30.5 Å². The summed E-state index contributed by atoms with van der Waals surface area (Å²) in [5, 5.41) is 0. The van der Waals surface area contributed by atoms with Crippen molar-refractivity contribution in [3.8, 4) is 0 Å². The van der Waals surface area contributed by atoms with Crippen molar-refractivity contribution in [1.29, 1.82) is 0 Å². The Balaban J connectivity index is 1.47. The second kappa shape index (κ2) is 6.48. The predicted molar refractivity (Wildman–Crippen MR) is 78.9 cm³/mol. The maximum atomic E-state index is 12.0. The molecular formula is C17H19NO3. The Morgan fingerprint density at radius 3 is 2.57 bits per heavy atom. The molecule has 0 atom stereocenters. The number of rotatable bonds is 3. The van der Waals surface area contributed by atoms with Crippen LogP contribution in [-0.2, 0) is 11.3 Å². The molecule has 2 aromatic rings. The molecule has 3 rings (SSSR count). The molecule has 1 amide bonds. The summed E-state index contributed by atoms with van der Waals surface area (Å²) in [4.78, 5) is 13.8. The maximum absolute atomic E-state index is 12.0. The first-order chi connectivity index (χ1) is 10.3. The van der Waals surface area contributed by atoms with Gasteiger partial charge >= 0.3 is 6.09 Å². The fourth-order valence-corrected chi connectivity index (χ4v) is 2.68. The molecule has 1 fully saturated rings. The van der Waals surface area contributed by atoms with E-state index in [1.54, 1.807) is 11.2 Å². The maximum Gasteiger partial charge on any atom is 0.410 e. The quantitative estimate of drug-likeness (QED) is 0.861. The van der Waals surface area contributed by atoms with E-state index in [2.05, 4.69) is 0 Å². The molecule has 0 saturated carbocycles. The first-order valence-corrected chi connectivity index (χ1v) is 7.32. The average Bonchev–Trinajstić information content (AvgIpc) is 3.08. The zero-order valence-corrected chi connectivity index (χ0v) is 11.9. The second-order valence-corrected chi connectivity index (χ2v) is 5.32. The third kappa shape index (κ3) is 3.45. The van der Waals surface area contributed by atoms with Gasteiger partial charge < -0.3 is 14.1 Å². The Hall–Kier alpha value is -2.23. The summed E-state index contributed by atoms with van der Waals surface area (Å²) in [7, 11) is 0. The lowest BCUT2D eigenvalue weighted by Crippen LogP contribution is -2.38. The van der Waals surface area contributed by atoms with E-state index < -0.39 is 0 Å². The van der Waals surface area contributed by atoms with Gasteiger partial charge in [0.2, 0.25) is 0 Å². The van der Waals surface area contributed by atoms with E-state index in [1.165, 1.54) is 0 Å². The minimum atomic E-state index is -0.225. The van der Waals surface area contributed by atoms with E-state index in [4.69, 9.17) is 9.15 Å². The van der Waals surface area contributed by atoms with Gasteiger partial charge in [0, 0.05) is 19.0 Å². The number of carbonyl (C=O) groups is 1. The van der Waals surface area contributed by atoms with Crippen LogP contribution in [0.5, 0.6) is 0 Å². The minimum absolute atomic E-state index is 0.225. The molecule has 110 valence electrons. The number of benzene rings is 1. The van der Waals surface area contributed by atoms with Crippen LogP contribution in [0.15, 0.2) is 53.1 Å². The van der Waals surface area contributed by atoms with Gasteiger partial charge in [-0.15, -0.1) is 0 Å². The minimum Gasteiger partial charge on any atom is -0.469 e. The third-order valence-electron chi connectivity index (χ3n) is 3.90. The molecule has 1 aromatic heterocycles. The predicted octanol–water partition coefficient (Wildman–Crippen LogP) is 3.80. The second-order valence-electron chi connectivity index (χ2n) is 5.32. The summed E-state index contributed by atoms with van der Waals surface area (Å²) < 4.78 is 10.8. The highest BCUT2D eigenvalue weighted by atomic mass is 16.6. The van der Waals surface area contributed by atoms with Gasteiger partial charge in [-0.1, -0.05) is 30.3 Å². The van der Waals surface area contributed by atoms with Crippen molar-refractivity contribution < 1.29 is 13.9 Å². The lowest BCUT2D eigenvalue weighted by Gasteiger charge is -2.30. The topological polar surface area (TPSA) is 42.7 Å². The first-order valence-electron chi connectivity index (χ1n) is 7.32. The molecule has 0 bridgehead atoms. The fraction of sp³-hybridized carbons (Fsp3) is 0.353. The molecule has 1 aliphatic heterocycles. The van der Waals surface area contributed by atoms with Crippen LogP contribution < -0.4 is 0 Å². The molecule has 1 aliphatic rings. The molecule has 4 nitrogen and oxygen atoms in total. The Morgan fingerprint density at radius 2 is 1.90 bits per heavy atom. The van der Waals surface area contributed by atoms with Crippen LogP contribution in [0, 0.1) is 0 Å². The van der Waals surface area contributed by atoms with Gasteiger partial charge in [0.05, 0.1) is 6.26 Å². The summed E-state index contributed by atoms with van der Waals surface area (Å²) in [6.07, 6.45) is 3.33. The van der Waals surface area contributed by atoms with Gasteiger partial charge in [0.1, 0.15) is 12.4 Å². The lowest BCUT2D eigenvalue weighted by molar-refractivity contribution is 0.0859. The normalized spacial score (nSPS) is 15.9. The Kier molecular flexibility index (Phi) is 4.24. The van der Waals surface area contributed by atoms with Crippen LogP contribution in [0.4, 0.5) is 4.79 Å². The molecule has 0 radical (unpaired) electrons. The molecule has 0 N–H and O–H groups in total. The Labute approximate surface area is 124 Å². The van der Waals surface area contributed by atoms with Crippen LogP contribution in [0.2, 0.25) is 0 Å².